The molecule has 1 aromatic carbocycles. The summed E-state index contributed by atoms with van der Waals surface area (Å²) in [7, 11) is 3.10. The van der Waals surface area contributed by atoms with E-state index in [0.717, 1.165) is 0 Å². The van der Waals surface area contributed by atoms with Gasteiger partial charge in [0.15, 0.2) is 11.4 Å². The molecule has 176 valence electrons. The van der Waals surface area contributed by atoms with Gasteiger partial charge in [-0.25, -0.2) is 0 Å². The van der Waals surface area contributed by atoms with Gasteiger partial charge in [0.2, 0.25) is 5.78 Å². The van der Waals surface area contributed by atoms with Crippen molar-refractivity contribution in [2.75, 3.05) is 14.1 Å². The highest BCUT2D eigenvalue weighted by Gasteiger charge is 2.64. The maximum atomic E-state index is 13.7. The lowest BCUT2D eigenvalue weighted by molar-refractivity contribution is -0.153. The van der Waals surface area contributed by atoms with Gasteiger partial charge in [0.05, 0.1) is 11.6 Å². The highest BCUT2D eigenvalue weighted by molar-refractivity contribution is 6.24. The number of benzene rings is 1. The molecule has 0 aromatic heterocycles. The Labute approximate surface area is 195 Å². The standard InChI is InChI=1S/C25H24N2O7/c1-4-5-6-11-7-8-15(28)17-13(11)9-12-10-14-19(27(2)3)21(30)18(24(26)33)23(32)25(14,34)22(31)16(12)20(17)29/h1,5-8,12,14,19,28-29,32,34H,9-10H2,2-3H3,(H2,26,33)/t12-,14-,19-,25-/m0/s1. The van der Waals surface area contributed by atoms with Crippen molar-refractivity contribution in [1.82, 2.24) is 4.90 Å². The number of allylic oxidation sites excluding steroid dienone is 1. The summed E-state index contributed by atoms with van der Waals surface area (Å²) >= 11 is 0. The topological polar surface area (TPSA) is 161 Å². The number of carbonyl (C=O) groups is 3. The van der Waals surface area contributed by atoms with Crippen molar-refractivity contribution in [2.24, 2.45) is 17.6 Å². The highest BCUT2D eigenvalue weighted by Crippen LogP contribution is 2.52. The molecular formula is C25H24N2O7. The zero-order chi connectivity index (χ0) is 25.1. The summed E-state index contributed by atoms with van der Waals surface area (Å²) in [6.07, 6.45) is 8.64. The quantitative estimate of drug-likeness (QED) is 0.321. The number of phenolic OH excluding ortho intramolecular Hbond substituents is 1. The van der Waals surface area contributed by atoms with Crippen LogP contribution in [0.25, 0.3) is 11.8 Å². The van der Waals surface area contributed by atoms with Crippen LogP contribution >= 0.6 is 0 Å². The van der Waals surface area contributed by atoms with E-state index in [2.05, 4.69) is 5.92 Å². The number of ketones is 2. The molecule has 1 aromatic rings. The summed E-state index contributed by atoms with van der Waals surface area (Å²) in [5.74, 6) is -4.41. The van der Waals surface area contributed by atoms with Gasteiger partial charge in [-0.3, -0.25) is 19.3 Å². The molecule has 4 atom stereocenters. The van der Waals surface area contributed by atoms with Crippen LogP contribution in [0.15, 0.2) is 35.1 Å². The number of fused-ring (bicyclic) bond motifs is 3. The number of aliphatic hydroxyl groups is 3. The van der Waals surface area contributed by atoms with Gasteiger partial charge in [-0.15, -0.1) is 6.42 Å². The summed E-state index contributed by atoms with van der Waals surface area (Å²) in [5, 5.41) is 43.9. The Bertz CT molecular complexity index is 1280. The number of amides is 1. The number of rotatable bonds is 3. The number of hydrogen-bond acceptors (Lipinski definition) is 8. The Hall–Kier alpha value is -3.87. The molecular weight excluding hydrogens is 440 g/mol. The van der Waals surface area contributed by atoms with Crippen LogP contribution in [0.1, 0.15) is 23.1 Å². The first kappa shape index (κ1) is 23.3. The average molecular weight is 464 g/mol. The van der Waals surface area contributed by atoms with Crippen LogP contribution in [0.3, 0.4) is 0 Å². The molecule has 0 bridgehead atoms. The third-order valence-corrected chi connectivity index (χ3v) is 7.00. The molecule has 4 rings (SSSR count). The first-order valence-corrected chi connectivity index (χ1v) is 10.6. The number of nitrogens with two attached hydrogens (primary N) is 1. The van der Waals surface area contributed by atoms with Crippen LogP contribution in [0.4, 0.5) is 0 Å². The SMILES string of the molecule is C#CC=Cc1ccc(O)c2c1C[C@H]1C[C@H]3[C@H](N(C)C)C(=O)C(C(N)=O)=C(O)[C@@]3(O)C(=O)C1=C2O. The smallest absolute Gasteiger partial charge is 0.255 e. The van der Waals surface area contributed by atoms with Crippen LogP contribution in [-0.4, -0.2) is 68.5 Å². The van der Waals surface area contributed by atoms with Crippen molar-refractivity contribution in [3.63, 3.8) is 0 Å². The fourth-order valence-electron chi connectivity index (χ4n) is 5.56. The number of terminal acetylenes is 1. The molecule has 6 N–H and O–H groups in total. The number of primary amides is 1. The predicted molar refractivity (Wildman–Crippen MR) is 122 cm³/mol. The lowest BCUT2D eigenvalue weighted by Gasteiger charge is -2.50. The van der Waals surface area contributed by atoms with E-state index >= 15 is 0 Å². The number of carbonyl (C=O) groups excluding carboxylic acids is 3. The molecule has 0 aliphatic heterocycles. The second-order valence-corrected chi connectivity index (χ2v) is 8.99. The summed E-state index contributed by atoms with van der Waals surface area (Å²) in [5.41, 5.74) is 2.82. The van der Waals surface area contributed by atoms with E-state index in [9.17, 15) is 34.8 Å². The van der Waals surface area contributed by atoms with E-state index in [1.807, 2.05) is 0 Å². The molecule has 9 nitrogen and oxygen atoms in total. The number of likely N-dealkylation sites (N-methyl/N-ethyl adjacent to an activating group) is 1. The van der Waals surface area contributed by atoms with Crippen molar-refractivity contribution in [3.05, 3.63) is 51.8 Å². The molecule has 3 aliphatic rings. The van der Waals surface area contributed by atoms with Gasteiger partial charge in [0, 0.05) is 11.5 Å². The second-order valence-electron chi connectivity index (χ2n) is 8.99. The Morgan fingerprint density at radius 1 is 1.26 bits per heavy atom. The summed E-state index contributed by atoms with van der Waals surface area (Å²) < 4.78 is 0. The Morgan fingerprint density at radius 2 is 1.94 bits per heavy atom. The number of hydrogen-bond donors (Lipinski definition) is 5. The molecule has 9 heteroatoms. The second kappa shape index (κ2) is 7.87. The molecule has 1 fully saturated rings. The Balaban J connectivity index is 1.98. The van der Waals surface area contributed by atoms with Crippen molar-refractivity contribution in [1.29, 1.82) is 0 Å². The van der Waals surface area contributed by atoms with Crippen molar-refractivity contribution >= 4 is 29.3 Å². The first-order chi connectivity index (χ1) is 16.0. The van der Waals surface area contributed by atoms with Crippen LogP contribution < -0.4 is 5.73 Å². The lowest BCUT2D eigenvalue weighted by atomic mass is 9.57. The number of aliphatic hydroxyl groups excluding tert-OH is 2. The van der Waals surface area contributed by atoms with E-state index in [-0.39, 0.29) is 29.7 Å². The van der Waals surface area contributed by atoms with Gasteiger partial charge in [-0.2, -0.15) is 0 Å². The van der Waals surface area contributed by atoms with Crippen LogP contribution in [0.2, 0.25) is 0 Å². The van der Waals surface area contributed by atoms with Gasteiger partial charge in [0.1, 0.15) is 22.8 Å². The fourth-order valence-corrected chi connectivity index (χ4v) is 5.56. The van der Waals surface area contributed by atoms with E-state index in [1.54, 1.807) is 26.2 Å². The summed E-state index contributed by atoms with van der Waals surface area (Å²) in [6.45, 7) is 0. The first-order valence-electron chi connectivity index (χ1n) is 10.6. The zero-order valence-electron chi connectivity index (χ0n) is 18.6. The normalized spacial score (nSPS) is 28.6. The minimum atomic E-state index is -2.65. The molecule has 0 spiro atoms. The number of aromatic hydroxyl groups is 1. The molecule has 3 aliphatic carbocycles. The molecule has 1 amide bonds. The molecule has 0 heterocycles. The fraction of sp³-hybridized carbons (Fsp3) is 0.320. The molecule has 0 unspecified atom stereocenters. The number of phenols is 1. The molecule has 0 saturated heterocycles. The maximum absolute atomic E-state index is 13.7. The van der Waals surface area contributed by atoms with E-state index < -0.39 is 58.0 Å². The Kier molecular flexibility index (Phi) is 5.39. The third kappa shape index (κ3) is 3.00. The molecule has 0 radical (unpaired) electrons. The Morgan fingerprint density at radius 3 is 2.53 bits per heavy atom. The van der Waals surface area contributed by atoms with Crippen LogP contribution in [0, 0.1) is 24.2 Å². The highest BCUT2D eigenvalue weighted by atomic mass is 16.3. The lowest BCUT2D eigenvalue weighted by Crippen LogP contribution is -2.65. The molecule has 34 heavy (non-hydrogen) atoms. The maximum Gasteiger partial charge on any atom is 0.255 e. The predicted octanol–water partition coefficient (Wildman–Crippen LogP) is 0.610. The van der Waals surface area contributed by atoms with Crippen LogP contribution in [0.5, 0.6) is 5.75 Å². The van der Waals surface area contributed by atoms with E-state index in [1.165, 1.54) is 17.0 Å². The van der Waals surface area contributed by atoms with E-state index in [4.69, 9.17) is 12.2 Å². The average Bonchev–Trinajstić information content (AvgIpc) is 2.75. The van der Waals surface area contributed by atoms with Gasteiger partial charge in [-0.05, 0) is 62.2 Å². The van der Waals surface area contributed by atoms with Crippen molar-refractivity contribution < 1.29 is 34.8 Å². The van der Waals surface area contributed by atoms with Crippen LogP contribution in [-0.2, 0) is 20.8 Å². The zero-order valence-corrected chi connectivity index (χ0v) is 18.6. The van der Waals surface area contributed by atoms with E-state index in [0.29, 0.717) is 11.1 Å². The van der Waals surface area contributed by atoms with Crippen molar-refractivity contribution in [3.8, 4) is 18.1 Å². The number of Topliss-reactive ketones (excluding diaryl/α,β-unsaturated/α-hetero) is 2. The van der Waals surface area contributed by atoms with Gasteiger partial charge >= 0.3 is 0 Å². The summed E-state index contributed by atoms with van der Waals surface area (Å²) in [6, 6.07) is 1.85. The number of nitrogens with zero attached hydrogens (tertiary/aromatic N) is 1. The summed E-state index contributed by atoms with van der Waals surface area (Å²) in [4.78, 5) is 40.2. The van der Waals surface area contributed by atoms with Crippen molar-refractivity contribution in [2.45, 2.75) is 24.5 Å². The van der Waals surface area contributed by atoms with Gasteiger partial charge < -0.3 is 26.2 Å². The minimum absolute atomic E-state index is 0.0236. The largest absolute Gasteiger partial charge is 0.508 e. The third-order valence-electron chi connectivity index (χ3n) is 7.00. The minimum Gasteiger partial charge on any atom is -0.508 e. The van der Waals surface area contributed by atoms with Gasteiger partial charge in [0.25, 0.3) is 5.91 Å². The van der Waals surface area contributed by atoms with Gasteiger partial charge in [-0.1, -0.05) is 12.0 Å². The molecule has 1 saturated carbocycles. The monoisotopic (exact) mass is 464 g/mol.